The number of nitrogens with two attached hydrogens (primary N) is 1. The molecule has 0 bridgehead atoms. The van der Waals surface area contributed by atoms with Crippen LogP contribution in [0.1, 0.15) is 22.9 Å². The summed E-state index contributed by atoms with van der Waals surface area (Å²) in [5, 5.41) is 17.0. The fourth-order valence-electron chi connectivity index (χ4n) is 4.60. The maximum Gasteiger partial charge on any atom is 0.352 e. The van der Waals surface area contributed by atoms with Crippen molar-refractivity contribution < 1.29 is 33.9 Å². The molecule has 2 aliphatic heterocycles. The second kappa shape index (κ2) is 14.2. The van der Waals surface area contributed by atoms with E-state index in [0.29, 0.717) is 0 Å². The number of fused-ring (bicyclic) bond motifs is 1. The zero-order valence-corrected chi connectivity index (χ0v) is 26.1. The second-order valence-corrected chi connectivity index (χ2v) is 12.5. The summed E-state index contributed by atoms with van der Waals surface area (Å²) in [5.41, 5.74) is 6.92. The van der Waals surface area contributed by atoms with E-state index in [4.69, 9.17) is 38.5 Å². The molecular weight excluding hydrogens is 665 g/mol. The monoisotopic (exact) mass is 687 g/mol. The lowest BCUT2D eigenvalue weighted by Gasteiger charge is -2.49. The number of hydrogen-bond donors (Lipinski definition) is 3. The van der Waals surface area contributed by atoms with E-state index >= 15 is 0 Å². The van der Waals surface area contributed by atoms with Crippen molar-refractivity contribution >= 4 is 80.9 Å². The number of benzene rings is 2. The third-order valence-corrected chi connectivity index (χ3v) is 8.74. The Labute approximate surface area is 274 Å². The predicted molar refractivity (Wildman–Crippen MR) is 169 cm³/mol. The first-order valence-electron chi connectivity index (χ1n) is 13.1. The molecule has 2 atom stereocenters. The number of nitrogen functional groups attached to an aromatic ring is 1. The summed E-state index contributed by atoms with van der Waals surface area (Å²) in [5.74, 6) is -3.44. The average Bonchev–Trinajstić information content (AvgIpc) is 3.46. The van der Waals surface area contributed by atoms with Crippen LogP contribution in [-0.2, 0) is 28.8 Å². The van der Waals surface area contributed by atoms with Crippen molar-refractivity contribution in [3.8, 4) is 0 Å². The van der Waals surface area contributed by atoms with Gasteiger partial charge in [-0.3, -0.25) is 14.5 Å². The molecule has 3 heterocycles. The molecule has 2 aromatic carbocycles. The zero-order chi connectivity index (χ0) is 32.1. The quantitative estimate of drug-likeness (QED) is 0.116. The van der Waals surface area contributed by atoms with Crippen molar-refractivity contribution in [3.63, 3.8) is 0 Å². The molecule has 232 valence electrons. The molecule has 3 aromatic rings. The molecule has 2 amide bonds. The van der Waals surface area contributed by atoms with Crippen LogP contribution in [0.4, 0.5) is 5.13 Å². The molecule has 2 aliphatic rings. The van der Waals surface area contributed by atoms with Crippen molar-refractivity contribution in [2.75, 3.05) is 18.1 Å². The summed E-state index contributed by atoms with van der Waals surface area (Å²) in [6, 6.07) is 17.2. The maximum atomic E-state index is 13.4. The number of thioether (sulfide) groups is 1. The van der Waals surface area contributed by atoms with Crippen molar-refractivity contribution in [1.82, 2.24) is 15.2 Å². The Morgan fingerprint density at radius 3 is 2.33 bits per heavy atom. The van der Waals surface area contributed by atoms with Crippen molar-refractivity contribution in [1.29, 1.82) is 0 Å². The van der Waals surface area contributed by atoms with Crippen LogP contribution in [0.3, 0.4) is 0 Å². The number of carbonyl (C=O) groups is 4. The fourth-order valence-corrected chi connectivity index (χ4v) is 6.71. The van der Waals surface area contributed by atoms with Gasteiger partial charge in [0.15, 0.2) is 16.9 Å². The highest BCUT2D eigenvalue weighted by Crippen LogP contribution is 2.41. The van der Waals surface area contributed by atoms with E-state index in [2.05, 4.69) is 15.5 Å². The number of nitrogens with zero attached hydrogens (tertiary/aromatic N) is 3. The van der Waals surface area contributed by atoms with Gasteiger partial charge >= 0.3 is 11.9 Å². The third kappa shape index (κ3) is 7.31. The molecule has 1 fully saturated rings. The van der Waals surface area contributed by atoms with Crippen LogP contribution in [-0.4, -0.2) is 68.2 Å². The van der Waals surface area contributed by atoms with E-state index in [1.807, 2.05) is 60.7 Å². The van der Waals surface area contributed by atoms with Gasteiger partial charge in [0.2, 0.25) is 6.61 Å². The van der Waals surface area contributed by atoms with Gasteiger partial charge in [-0.2, -0.15) is 0 Å². The minimum atomic E-state index is -1.35. The Hall–Kier alpha value is -4.37. The number of anilines is 1. The lowest BCUT2D eigenvalue weighted by molar-refractivity contribution is -0.153. The normalized spacial score (nSPS) is 17.7. The van der Waals surface area contributed by atoms with Gasteiger partial charge in [0.25, 0.3) is 11.8 Å². The number of allylic oxidation sites excluding steroid dienone is 1. The average molecular weight is 689 g/mol. The van der Waals surface area contributed by atoms with Crippen LogP contribution in [0.25, 0.3) is 0 Å². The Balaban J connectivity index is 1.29. The summed E-state index contributed by atoms with van der Waals surface area (Å²) in [7, 11) is 0. The van der Waals surface area contributed by atoms with Crippen molar-refractivity contribution in [3.05, 3.63) is 105 Å². The molecule has 1 unspecified atom stereocenters. The van der Waals surface area contributed by atoms with E-state index in [0.717, 1.165) is 27.4 Å². The number of rotatable bonds is 11. The molecule has 0 saturated carbocycles. The zero-order valence-electron chi connectivity index (χ0n) is 23.0. The largest absolute Gasteiger partial charge is 0.477 e. The van der Waals surface area contributed by atoms with Gasteiger partial charge in [-0.1, -0.05) is 89.0 Å². The van der Waals surface area contributed by atoms with E-state index in [1.54, 1.807) is 0 Å². The first kappa shape index (κ1) is 32.0. The van der Waals surface area contributed by atoms with Gasteiger partial charge in [0.05, 0.1) is 0 Å². The molecule has 12 nitrogen and oxygen atoms in total. The summed E-state index contributed by atoms with van der Waals surface area (Å²) >= 11 is 13.7. The van der Waals surface area contributed by atoms with Gasteiger partial charge in [0.1, 0.15) is 27.3 Å². The van der Waals surface area contributed by atoms with Crippen LogP contribution in [0.2, 0.25) is 0 Å². The topological polar surface area (TPSA) is 174 Å². The van der Waals surface area contributed by atoms with E-state index in [1.165, 1.54) is 23.2 Å². The molecular formula is C29H23Cl2N5O7S2. The number of nitrogens with one attached hydrogen (secondary N) is 1. The number of aromatic nitrogens is 1. The van der Waals surface area contributed by atoms with Gasteiger partial charge < -0.3 is 25.7 Å². The van der Waals surface area contributed by atoms with Gasteiger partial charge in [-0.15, -0.1) is 23.1 Å². The van der Waals surface area contributed by atoms with Crippen molar-refractivity contribution in [2.45, 2.75) is 17.5 Å². The predicted octanol–water partition coefficient (Wildman–Crippen LogP) is 3.84. The fraction of sp³-hybridized carbons (Fsp3) is 0.172. The number of halogens is 2. The summed E-state index contributed by atoms with van der Waals surface area (Å²) < 4.78 is 5.54. The Bertz CT molecular complexity index is 1670. The lowest BCUT2D eigenvalue weighted by Crippen LogP contribution is -2.71. The summed E-state index contributed by atoms with van der Waals surface area (Å²) in [6.45, 7) is -0.645. The molecule has 4 N–H and O–H groups in total. The van der Waals surface area contributed by atoms with Crippen molar-refractivity contribution in [2.24, 2.45) is 5.16 Å². The van der Waals surface area contributed by atoms with E-state index < -0.39 is 47.9 Å². The third-order valence-electron chi connectivity index (χ3n) is 6.54. The Morgan fingerprint density at radius 2 is 1.78 bits per heavy atom. The number of carboxylic acids is 1. The van der Waals surface area contributed by atoms with Crippen LogP contribution in [0.5, 0.6) is 0 Å². The van der Waals surface area contributed by atoms with Gasteiger partial charge in [-0.05, 0) is 22.8 Å². The van der Waals surface area contributed by atoms with E-state index in [-0.39, 0.29) is 38.1 Å². The number of esters is 1. The number of aliphatic carboxylic acids is 1. The van der Waals surface area contributed by atoms with E-state index in [9.17, 15) is 24.3 Å². The Morgan fingerprint density at radius 1 is 1.13 bits per heavy atom. The number of ether oxygens (including phenoxy) is 1. The van der Waals surface area contributed by atoms with Gasteiger partial charge in [0, 0.05) is 11.1 Å². The van der Waals surface area contributed by atoms with Crippen LogP contribution in [0.15, 0.2) is 93.0 Å². The summed E-state index contributed by atoms with van der Waals surface area (Å²) in [6.07, 6.45) is 0.548. The molecule has 0 radical (unpaired) electrons. The highest BCUT2D eigenvalue weighted by atomic mass is 35.5. The number of carbonyl (C=O) groups excluding carboxylic acids is 3. The Kier molecular flexibility index (Phi) is 10.1. The first-order chi connectivity index (χ1) is 21.6. The number of amides is 2. The number of carboxylic acid groups (broad SMARTS) is 1. The number of hydrogen-bond acceptors (Lipinski definition) is 11. The van der Waals surface area contributed by atoms with Crippen LogP contribution < -0.4 is 11.1 Å². The first-order valence-corrected chi connectivity index (χ1v) is 15.8. The number of oxime groups is 1. The highest BCUT2D eigenvalue weighted by molar-refractivity contribution is 8.00. The molecule has 0 aliphatic carbocycles. The number of thiazole rings is 1. The number of β-lactam (4-membered cyclic amide) rings is 1. The van der Waals surface area contributed by atoms with Crippen LogP contribution >= 0.6 is 46.3 Å². The minimum Gasteiger partial charge on any atom is -0.477 e. The van der Waals surface area contributed by atoms with Gasteiger partial charge in [-0.25, -0.2) is 14.6 Å². The molecule has 45 heavy (non-hydrogen) atoms. The lowest BCUT2D eigenvalue weighted by atomic mass is 10.0. The second-order valence-electron chi connectivity index (χ2n) is 9.45. The molecule has 1 saturated heterocycles. The highest BCUT2D eigenvalue weighted by Gasteiger charge is 2.54. The minimum absolute atomic E-state index is 0.0463. The smallest absolute Gasteiger partial charge is 0.352 e. The molecule has 5 rings (SSSR count). The maximum absolute atomic E-state index is 13.4. The molecule has 0 spiro atoms. The summed E-state index contributed by atoms with van der Waals surface area (Å²) in [4.78, 5) is 61.5. The molecule has 16 heteroatoms. The SMILES string of the molecule is Nc1nc(/C(=N\OCC(=O)OC(c2ccccc2)c2ccccc2)C(=O)NC2C(=O)N3C(C(=O)O)=C(C=C(Cl)Cl)CS[C@H]23)cs1. The standard InChI is InChI=1S/C29H23Cl2N5O7S2/c30-19(31)11-17-13-44-27-22(26(39)36(27)23(17)28(40)41)34-25(38)21(18-14-45-29(32)33-18)35-42-12-20(37)43-24(15-7-3-1-4-8-15)16-9-5-2-6-10-16/h1-11,14,22,24,27H,12-13H2,(H2,32,33)(H,34,38)(H,40,41)/b35-21+/t22?,27-/m1/s1. The van der Waals surface area contributed by atoms with Crippen LogP contribution in [0, 0.1) is 0 Å². The molecule has 1 aromatic heterocycles.